The van der Waals surface area contributed by atoms with Crippen molar-refractivity contribution in [3.63, 3.8) is 0 Å². The molecule has 1 heterocycles. The van der Waals surface area contributed by atoms with Crippen molar-refractivity contribution >= 4 is 45.9 Å². The number of nitrogens with zero attached hydrogens (tertiary/aromatic N) is 2. The highest BCUT2D eigenvalue weighted by molar-refractivity contribution is 7.99. The third-order valence-electron chi connectivity index (χ3n) is 5.49. The third kappa shape index (κ3) is 4.25. The van der Waals surface area contributed by atoms with Crippen molar-refractivity contribution in [1.29, 1.82) is 0 Å². The summed E-state index contributed by atoms with van der Waals surface area (Å²) in [6.45, 7) is 3.89. The molecule has 1 fully saturated rings. The molecule has 1 aliphatic carbocycles. The molecular weight excluding hydrogens is 418 g/mol. The van der Waals surface area contributed by atoms with Crippen molar-refractivity contribution in [3.05, 3.63) is 62.9 Å². The van der Waals surface area contributed by atoms with Gasteiger partial charge in [0.05, 0.1) is 27.4 Å². The molecule has 1 aliphatic rings. The number of carbonyl (C=O) groups excluding carboxylic acids is 1. The van der Waals surface area contributed by atoms with Crippen LogP contribution < -0.4 is 10.9 Å². The third-order valence-corrected chi connectivity index (χ3v) is 6.74. The zero-order chi connectivity index (χ0) is 21.3. The van der Waals surface area contributed by atoms with Gasteiger partial charge in [-0.25, -0.2) is 4.98 Å². The number of carbonyl (C=O) groups is 1. The molecule has 1 amide bonds. The summed E-state index contributed by atoms with van der Waals surface area (Å²) in [6.07, 6.45) is 4.16. The maximum Gasteiger partial charge on any atom is 0.262 e. The van der Waals surface area contributed by atoms with Crippen LogP contribution in [0.5, 0.6) is 0 Å². The van der Waals surface area contributed by atoms with Crippen LogP contribution in [0.3, 0.4) is 0 Å². The Morgan fingerprint density at radius 2 is 1.97 bits per heavy atom. The minimum Gasteiger partial charge on any atom is -0.324 e. The first-order valence-corrected chi connectivity index (χ1v) is 11.5. The summed E-state index contributed by atoms with van der Waals surface area (Å²) in [5, 5.41) is 4.66. The Balaban J connectivity index is 1.60. The fourth-order valence-electron chi connectivity index (χ4n) is 4.09. The van der Waals surface area contributed by atoms with Gasteiger partial charge in [-0.1, -0.05) is 54.4 Å². The highest BCUT2D eigenvalue weighted by Gasteiger charge is 2.23. The van der Waals surface area contributed by atoms with Gasteiger partial charge in [0.2, 0.25) is 5.91 Å². The van der Waals surface area contributed by atoms with E-state index < -0.39 is 0 Å². The Labute approximate surface area is 184 Å². The van der Waals surface area contributed by atoms with E-state index >= 15 is 0 Å². The van der Waals surface area contributed by atoms with E-state index in [0.717, 1.165) is 36.8 Å². The summed E-state index contributed by atoms with van der Waals surface area (Å²) < 4.78 is 1.80. The van der Waals surface area contributed by atoms with Crippen molar-refractivity contribution in [2.24, 2.45) is 0 Å². The normalized spacial score (nSPS) is 14.4. The Hall–Kier alpha value is -2.31. The van der Waals surface area contributed by atoms with E-state index in [1.165, 1.54) is 11.8 Å². The molecule has 0 saturated heterocycles. The smallest absolute Gasteiger partial charge is 0.262 e. The van der Waals surface area contributed by atoms with Gasteiger partial charge < -0.3 is 5.32 Å². The summed E-state index contributed by atoms with van der Waals surface area (Å²) in [4.78, 5) is 30.6. The number of anilines is 1. The Bertz CT molecular complexity index is 1150. The molecule has 0 aliphatic heterocycles. The summed E-state index contributed by atoms with van der Waals surface area (Å²) in [6, 6.07) is 11.4. The zero-order valence-electron chi connectivity index (χ0n) is 17.1. The van der Waals surface area contributed by atoms with Crippen molar-refractivity contribution in [2.75, 3.05) is 11.1 Å². The number of benzene rings is 2. The topological polar surface area (TPSA) is 64.0 Å². The summed E-state index contributed by atoms with van der Waals surface area (Å²) in [5.74, 6) is -0.0181. The van der Waals surface area contributed by atoms with Crippen molar-refractivity contribution in [1.82, 2.24) is 9.55 Å². The number of aromatic nitrogens is 2. The molecule has 156 valence electrons. The predicted molar refractivity (Wildman–Crippen MR) is 124 cm³/mol. The van der Waals surface area contributed by atoms with Crippen LogP contribution in [0.25, 0.3) is 10.9 Å². The van der Waals surface area contributed by atoms with Gasteiger partial charge in [-0.15, -0.1) is 0 Å². The first-order valence-electron chi connectivity index (χ1n) is 10.1. The van der Waals surface area contributed by atoms with Gasteiger partial charge in [0, 0.05) is 6.04 Å². The van der Waals surface area contributed by atoms with E-state index in [-0.39, 0.29) is 23.3 Å². The maximum absolute atomic E-state index is 13.2. The number of thioether (sulfide) groups is 1. The highest BCUT2D eigenvalue weighted by atomic mass is 35.5. The molecule has 0 radical (unpaired) electrons. The van der Waals surface area contributed by atoms with Crippen LogP contribution in [0.4, 0.5) is 5.69 Å². The summed E-state index contributed by atoms with van der Waals surface area (Å²) in [7, 11) is 0. The number of hydrogen-bond acceptors (Lipinski definition) is 4. The summed E-state index contributed by atoms with van der Waals surface area (Å²) >= 11 is 7.62. The molecule has 0 unspecified atom stereocenters. The Morgan fingerprint density at radius 1 is 1.23 bits per heavy atom. The van der Waals surface area contributed by atoms with Crippen LogP contribution >= 0.6 is 23.4 Å². The van der Waals surface area contributed by atoms with Gasteiger partial charge in [0.25, 0.3) is 5.56 Å². The molecule has 1 aromatic heterocycles. The minimum absolute atomic E-state index is 0.0205. The van der Waals surface area contributed by atoms with Gasteiger partial charge in [-0.05, 0) is 56.0 Å². The second-order valence-electron chi connectivity index (χ2n) is 7.80. The predicted octanol–water partition coefficient (Wildman–Crippen LogP) is 5.51. The van der Waals surface area contributed by atoms with Crippen LogP contribution in [-0.2, 0) is 4.79 Å². The Kier molecular flexibility index (Phi) is 6.16. The molecule has 1 saturated carbocycles. The van der Waals surface area contributed by atoms with Gasteiger partial charge in [-0.2, -0.15) is 0 Å². The van der Waals surface area contributed by atoms with E-state index in [1.54, 1.807) is 4.57 Å². The van der Waals surface area contributed by atoms with Crippen molar-refractivity contribution < 1.29 is 4.79 Å². The van der Waals surface area contributed by atoms with Crippen molar-refractivity contribution in [3.8, 4) is 0 Å². The molecule has 0 bridgehead atoms. The average molecular weight is 442 g/mol. The van der Waals surface area contributed by atoms with Gasteiger partial charge in [0.15, 0.2) is 5.16 Å². The largest absolute Gasteiger partial charge is 0.324 e. The first kappa shape index (κ1) is 20.9. The molecule has 1 N–H and O–H groups in total. The molecular formula is C23H24ClN3O2S. The van der Waals surface area contributed by atoms with Gasteiger partial charge in [0.1, 0.15) is 0 Å². The van der Waals surface area contributed by atoms with Crippen LogP contribution in [0.15, 0.2) is 46.3 Å². The van der Waals surface area contributed by atoms with Crippen LogP contribution in [0.2, 0.25) is 5.02 Å². The summed E-state index contributed by atoms with van der Waals surface area (Å²) in [5.41, 5.74) is 3.24. The fourth-order valence-corrected chi connectivity index (χ4v) is 5.33. The second kappa shape index (κ2) is 8.82. The molecule has 30 heavy (non-hydrogen) atoms. The average Bonchev–Trinajstić information content (AvgIpc) is 3.23. The minimum atomic E-state index is -0.172. The molecule has 4 rings (SSSR count). The first-order chi connectivity index (χ1) is 14.4. The number of hydrogen-bond donors (Lipinski definition) is 1. The van der Waals surface area contributed by atoms with Gasteiger partial charge >= 0.3 is 0 Å². The number of amides is 1. The van der Waals surface area contributed by atoms with E-state index in [1.807, 2.05) is 50.2 Å². The molecule has 7 heteroatoms. The number of para-hydroxylation sites is 1. The Morgan fingerprint density at radius 3 is 2.70 bits per heavy atom. The van der Waals surface area contributed by atoms with Gasteiger partial charge in [-0.3, -0.25) is 14.2 Å². The molecule has 5 nitrogen and oxygen atoms in total. The van der Waals surface area contributed by atoms with Crippen LogP contribution in [0.1, 0.15) is 42.9 Å². The van der Waals surface area contributed by atoms with Crippen LogP contribution in [-0.4, -0.2) is 21.2 Å². The lowest BCUT2D eigenvalue weighted by Crippen LogP contribution is -2.27. The van der Waals surface area contributed by atoms with E-state index in [0.29, 0.717) is 26.8 Å². The fraction of sp³-hybridized carbons (Fsp3) is 0.348. The van der Waals surface area contributed by atoms with E-state index in [2.05, 4.69) is 5.32 Å². The standard InChI is InChI=1S/C23H24ClN3O2S/c1-14-11-15(2)21(18(24)12-14)26-20(28)13-30-23-25-19-10-6-5-9-17(19)22(29)27(23)16-7-3-4-8-16/h5-6,9-12,16H,3-4,7-8,13H2,1-2H3,(H,26,28). The second-order valence-corrected chi connectivity index (χ2v) is 9.15. The number of rotatable bonds is 5. The zero-order valence-corrected chi connectivity index (χ0v) is 18.6. The highest BCUT2D eigenvalue weighted by Crippen LogP contribution is 2.32. The molecule has 2 aromatic carbocycles. The molecule has 3 aromatic rings. The van der Waals surface area contributed by atoms with Crippen LogP contribution in [0, 0.1) is 13.8 Å². The lowest BCUT2D eigenvalue weighted by Gasteiger charge is -2.18. The van der Waals surface area contributed by atoms with E-state index in [9.17, 15) is 9.59 Å². The quantitative estimate of drug-likeness (QED) is 0.418. The number of fused-ring (bicyclic) bond motifs is 1. The van der Waals surface area contributed by atoms with Crippen molar-refractivity contribution in [2.45, 2.75) is 50.7 Å². The lowest BCUT2D eigenvalue weighted by atomic mass is 10.1. The lowest BCUT2D eigenvalue weighted by molar-refractivity contribution is -0.113. The monoisotopic (exact) mass is 441 g/mol. The molecule has 0 spiro atoms. The SMILES string of the molecule is Cc1cc(C)c(NC(=O)CSc2nc3ccccc3c(=O)n2C2CCCC2)c(Cl)c1. The molecule has 0 atom stereocenters. The number of nitrogens with one attached hydrogen (secondary N) is 1. The number of halogens is 1. The number of aryl methyl sites for hydroxylation is 2. The van der Waals surface area contributed by atoms with E-state index in [4.69, 9.17) is 16.6 Å². The maximum atomic E-state index is 13.2.